The molecule has 18 heavy (non-hydrogen) atoms. The molecular formula is C12H14Br2N4. The summed E-state index contributed by atoms with van der Waals surface area (Å²) in [5.41, 5.74) is 6.15. The molecule has 4 nitrogen and oxygen atoms in total. The van der Waals surface area contributed by atoms with E-state index in [9.17, 15) is 0 Å². The van der Waals surface area contributed by atoms with Crippen molar-refractivity contribution < 1.29 is 0 Å². The van der Waals surface area contributed by atoms with E-state index in [-0.39, 0.29) is 6.04 Å². The monoisotopic (exact) mass is 372 g/mol. The highest BCUT2D eigenvalue weighted by molar-refractivity contribution is 9.10. The van der Waals surface area contributed by atoms with Crippen LogP contribution in [0.25, 0.3) is 0 Å². The number of rotatable bonds is 3. The summed E-state index contributed by atoms with van der Waals surface area (Å²) in [6.07, 6.45) is 1.77. The summed E-state index contributed by atoms with van der Waals surface area (Å²) in [5, 5.41) is 4.23. The summed E-state index contributed by atoms with van der Waals surface area (Å²) >= 11 is 7.00. The average Bonchev–Trinajstić information content (AvgIpc) is 2.66. The lowest BCUT2D eigenvalue weighted by molar-refractivity contribution is 0.571. The minimum absolute atomic E-state index is 0.107. The highest BCUT2D eigenvalue weighted by atomic mass is 79.9. The Bertz CT molecular complexity index is 546. The van der Waals surface area contributed by atoms with E-state index in [1.165, 1.54) is 5.56 Å². The number of hydrazine groups is 1. The Hall–Kier alpha value is -0.690. The van der Waals surface area contributed by atoms with Gasteiger partial charge in [0.15, 0.2) is 0 Å². The van der Waals surface area contributed by atoms with E-state index < -0.39 is 0 Å². The van der Waals surface area contributed by atoms with E-state index in [0.717, 1.165) is 20.2 Å². The number of nitrogens with zero attached hydrogens (tertiary/aromatic N) is 2. The fourth-order valence-electron chi connectivity index (χ4n) is 1.98. The third kappa shape index (κ3) is 2.51. The molecule has 1 heterocycles. The first-order chi connectivity index (χ1) is 8.54. The number of aryl methyl sites for hydroxylation is 2. The minimum atomic E-state index is -0.107. The Morgan fingerprint density at radius 3 is 2.67 bits per heavy atom. The second-order valence-electron chi connectivity index (χ2n) is 4.10. The largest absolute Gasteiger partial charge is 0.271 e. The normalized spacial score (nSPS) is 12.7. The molecule has 0 amide bonds. The van der Waals surface area contributed by atoms with Crippen molar-refractivity contribution in [2.75, 3.05) is 0 Å². The number of halogens is 2. The smallest absolute Gasteiger partial charge is 0.0892 e. The molecule has 0 saturated carbocycles. The molecule has 0 radical (unpaired) electrons. The highest BCUT2D eigenvalue weighted by Crippen LogP contribution is 2.30. The Morgan fingerprint density at radius 2 is 2.11 bits per heavy atom. The van der Waals surface area contributed by atoms with Crippen molar-refractivity contribution in [3.05, 3.63) is 50.2 Å². The van der Waals surface area contributed by atoms with Gasteiger partial charge in [-0.2, -0.15) is 5.10 Å². The van der Waals surface area contributed by atoms with Crippen LogP contribution in [-0.4, -0.2) is 9.78 Å². The van der Waals surface area contributed by atoms with Gasteiger partial charge in [-0.1, -0.05) is 22.0 Å². The van der Waals surface area contributed by atoms with Crippen LogP contribution in [0.15, 0.2) is 33.3 Å². The predicted octanol–water partition coefficient (Wildman–Crippen LogP) is 2.81. The van der Waals surface area contributed by atoms with Crippen molar-refractivity contribution in [3.8, 4) is 0 Å². The molecule has 96 valence electrons. The van der Waals surface area contributed by atoms with Gasteiger partial charge < -0.3 is 0 Å². The molecule has 0 saturated heterocycles. The summed E-state index contributed by atoms with van der Waals surface area (Å²) in [6.45, 7) is 2.07. The molecule has 1 aromatic heterocycles. The first-order valence-corrected chi connectivity index (χ1v) is 7.02. The minimum Gasteiger partial charge on any atom is -0.271 e. The van der Waals surface area contributed by atoms with Crippen molar-refractivity contribution in [3.63, 3.8) is 0 Å². The number of hydrogen-bond acceptors (Lipinski definition) is 3. The van der Waals surface area contributed by atoms with E-state index in [1.807, 2.05) is 17.8 Å². The van der Waals surface area contributed by atoms with Crippen LogP contribution in [0.2, 0.25) is 0 Å². The Kier molecular flexibility index (Phi) is 4.21. The summed E-state index contributed by atoms with van der Waals surface area (Å²) in [5.74, 6) is 5.73. The Morgan fingerprint density at radius 1 is 1.39 bits per heavy atom. The molecule has 0 aliphatic rings. The molecule has 0 spiro atoms. The molecule has 0 aliphatic carbocycles. The number of nitrogens with two attached hydrogens (primary N) is 1. The molecular weight excluding hydrogens is 360 g/mol. The van der Waals surface area contributed by atoms with Crippen LogP contribution in [0.1, 0.15) is 22.9 Å². The summed E-state index contributed by atoms with van der Waals surface area (Å²) in [6, 6.07) is 6.04. The fourth-order valence-corrected chi connectivity index (χ4v) is 2.94. The number of aromatic nitrogens is 2. The third-order valence-electron chi connectivity index (χ3n) is 2.93. The van der Waals surface area contributed by atoms with Crippen molar-refractivity contribution in [1.29, 1.82) is 0 Å². The van der Waals surface area contributed by atoms with Crippen LogP contribution in [0.5, 0.6) is 0 Å². The first kappa shape index (κ1) is 13.7. The molecule has 1 unspecified atom stereocenters. The molecule has 3 N–H and O–H groups in total. The molecule has 0 bridgehead atoms. The van der Waals surface area contributed by atoms with Gasteiger partial charge in [0.1, 0.15) is 0 Å². The van der Waals surface area contributed by atoms with Gasteiger partial charge in [0.25, 0.3) is 0 Å². The molecule has 1 atom stereocenters. The molecule has 0 fully saturated rings. The van der Waals surface area contributed by atoms with Crippen molar-refractivity contribution in [2.24, 2.45) is 12.9 Å². The lowest BCUT2D eigenvalue weighted by atomic mass is 9.99. The summed E-state index contributed by atoms with van der Waals surface area (Å²) in [7, 11) is 1.90. The average molecular weight is 374 g/mol. The highest BCUT2D eigenvalue weighted by Gasteiger charge is 2.21. The third-order valence-corrected chi connectivity index (χ3v) is 4.03. The lowest BCUT2D eigenvalue weighted by Gasteiger charge is -2.20. The van der Waals surface area contributed by atoms with Gasteiger partial charge in [-0.15, -0.1) is 0 Å². The fraction of sp³-hybridized carbons (Fsp3) is 0.250. The molecule has 2 aromatic rings. The van der Waals surface area contributed by atoms with Crippen molar-refractivity contribution in [1.82, 2.24) is 15.2 Å². The van der Waals surface area contributed by atoms with Crippen LogP contribution >= 0.6 is 31.9 Å². The van der Waals surface area contributed by atoms with E-state index in [1.54, 1.807) is 6.20 Å². The summed E-state index contributed by atoms with van der Waals surface area (Å²) in [4.78, 5) is 0. The van der Waals surface area contributed by atoms with E-state index in [2.05, 4.69) is 61.4 Å². The standard InChI is InChI=1S/C12H14Br2N4/c1-7-3-4-8(13)5-9(7)11(17-15)12-10(14)6-16-18(12)2/h3-6,11,17H,15H2,1-2H3. The van der Waals surface area contributed by atoms with Crippen molar-refractivity contribution >= 4 is 31.9 Å². The Labute approximate surface area is 123 Å². The molecule has 1 aromatic carbocycles. The number of hydrogen-bond donors (Lipinski definition) is 2. The molecule has 0 aliphatic heterocycles. The van der Waals surface area contributed by atoms with Gasteiger partial charge in [-0.05, 0) is 46.1 Å². The van der Waals surface area contributed by atoms with Gasteiger partial charge >= 0.3 is 0 Å². The SMILES string of the molecule is Cc1ccc(Br)cc1C(NN)c1c(Br)cnn1C. The maximum absolute atomic E-state index is 5.73. The number of nitrogens with one attached hydrogen (secondary N) is 1. The van der Waals surface area contributed by atoms with Crippen LogP contribution in [-0.2, 0) is 7.05 Å². The first-order valence-electron chi connectivity index (χ1n) is 5.44. The zero-order valence-electron chi connectivity index (χ0n) is 10.1. The molecule has 2 rings (SSSR count). The van der Waals surface area contributed by atoms with Crippen LogP contribution in [0.3, 0.4) is 0 Å². The van der Waals surface area contributed by atoms with E-state index in [4.69, 9.17) is 5.84 Å². The zero-order valence-corrected chi connectivity index (χ0v) is 13.3. The second kappa shape index (κ2) is 5.52. The van der Waals surface area contributed by atoms with Crippen LogP contribution < -0.4 is 11.3 Å². The maximum Gasteiger partial charge on any atom is 0.0892 e. The topological polar surface area (TPSA) is 55.9 Å². The van der Waals surface area contributed by atoms with Gasteiger partial charge in [0, 0.05) is 11.5 Å². The predicted molar refractivity (Wildman–Crippen MR) is 79.0 cm³/mol. The lowest BCUT2D eigenvalue weighted by Crippen LogP contribution is -2.31. The van der Waals surface area contributed by atoms with Gasteiger partial charge in [0.2, 0.25) is 0 Å². The van der Waals surface area contributed by atoms with Crippen molar-refractivity contribution in [2.45, 2.75) is 13.0 Å². The van der Waals surface area contributed by atoms with Crippen LogP contribution in [0.4, 0.5) is 0 Å². The quantitative estimate of drug-likeness (QED) is 0.642. The van der Waals surface area contributed by atoms with Gasteiger partial charge in [-0.3, -0.25) is 10.5 Å². The van der Waals surface area contributed by atoms with Crippen LogP contribution in [0, 0.1) is 6.92 Å². The summed E-state index contributed by atoms with van der Waals surface area (Å²) < 4.78 is 3.78. The van der Waals surface area contributed by atoms with Gasteiger partial charge in [-0.25, -0.2) is 5.43 Å². The molecule has 6 heteroatoms. The van der Waals surface area contributed by atoms with Gasteiger partial charge in [0.05, 0.1) is 22.4 Å². The van der Waals surface area contributed by atoms with E-state index in [0.29, 0.717) is 0 Å². The Balaban J connectivity index is 2.55. The zero-order chi connectivity index (χ0) is 13.3. The second-order valence-corrected chi connectivity index (χ2v) is 5.87. The maximum atomic E-state index is 5.73. The van der Waals surface area contributed by atoms with E-state index >= 15 is 0 Å². The number of benzene rings is 1.